The summed E-state index contributed by atoms with van der Waals surface area (Å²) in [6.45, 7) is 6.94. The molecule has 1 aromatic heterocycles. The molecule has 5 nitrogen and oxygen atoms in total. The third-order valence-corrected chi connectivity index (χ3v) is 5.21. The van der Waals surface area contributed by atoms with Crippen LogP contribution in [0.2, 0.25) is 0 Å². The van der Waals surface area contributed by atoms with Crippen molar-refractivity contribution in [1.29, 1.82) is 0 Å². The van der Waals surface area contributed by atoms with Crippen LogP contribution < -0.4 is 10.2 Å². The van der Waals surface area contributed by atoms with Crippen molar-refractivity contribution >= 4 is 28.1 Å². The van der Waals surface area contributed by atoms with Crippen molar-refractivity contribution < 1.29 is 18.0 Å². The van der Waals surface area contributed by atoms with Crippen LogP contribution in [-0.4, -0.2) is 41.5 Å². The second-order valence-corrected chi connectivity index (χ2v) is 7.45. The summed E-state index contributed by atoms with van der Waals surface area (Å²) in [5.41, 5.74) is 0.469. The Hall–Kier alpha value is -1.97. The van der Waals surface area contributed by atoms with Gasteiger partial charge in [-0.15, -0.1) is 11.3 Å². The van der Waals surface area contributed by atoms with Crippen LogP contribution >= 0.6 is 11.3 Å². The van der Waals surface area contributed by atoms with Gasteiger partial charge in [-0.25, -0.2) is 4.98 Å². The normalized spacial score (nSPS) is 18.5. The van der Waals surface area contributed by atoms with Crippen LogP contribution in [0.1, 0.15) is 25.1 Å². The average Bonchev–Trinajstić information content (AvgIpc) is 3.02. The lowest BCUT2D eigenvalue weighted by molar-refractivity contribution is -0.137. The second-order valence-electron chi connectivity index (χ2n) is 6.61. The molecule has 146 valence electrons. The van der Waals surface area contributed by atoms with Crippen molar-refractivity contribution in [3.8, 4) is 0 Å². The summed E-state index contributed by atoms with van der Waals surface area (Å²) in [4.78, 5) is 20.3. The molecule has 2 heterocycles. The van der Waals surface area contributed by atoms with Gasteiger partial charge in [-0.1, -0.05) is 0 Å². The number of carbonyl (C=O) groups is 1. The molecule has 1 N–H and O–H groups in total. The Morgan fingerprint density at radius 1 is 1.37 bits per heavy atom. The quantitative estimate of drug-likeness (QED) is 0.854. The Morgan fingerprint density at radius 2 is 2.07 bits per heavy atom. The molecule has 0 radical (unpaired) electrons. The number of alkyl halides is 3. The number of thiazole rings is 1. The van der Waals surface area contributed by atoms with Crippen molar-refractivity contribution in [2.24, 2.45) is 0 Å². The number of hydrogen-bond donors (Lipinski definition) is 1. The van der Waals surface area contributed by atoms with E-state index < -0.39 is 11.7 Å². The van der Waals surface area contributed by atoms with E-state index in [9.17, 15) is 18.0 Å². The highest BCUT2D eigenvalue weighted by Gasteiger charge is 2.30. The van der Waals surface area contributed by atoms with Crippen LogP contribution in [0.25, 0.3) is 0 Å². The summed E-state index contributed by atoms with van der Waals surface area (Å²) < 4.78 is 38.3. The van der Waals surface area contributed by atoms with Crippen molar-refractivity contribution in [2.75, 3.05) is 24.5 Å². The van der Waals surface area contributed by atoms with Gasteiger partial charge in [-0.2, -0.15) is 13.2 Å². The average molecular weight is 398 g/mol. The van der Waals surface area contributed by atoms with E-state index in [0.29, 0.717) is 23.4 Å². The summed E-state index contributed by atoms with van der Waals surface area (Å²) in [5, 5.41) is 5.73. The first-order valence-corrected chi connectivity index (χ1v) is 9.50. The number of hydrogen-bond acceptors (Lipinski definition) is 5. The fourth-order valence-electron chi connectivity index (χ4n) is 3.08. The number of rotatable bonds is 4. The molecule has 1 fully saturated rings. The molecule has 1 amide bonds. The van der Waals surface area contributed by atoms with E-state index in [1.165, 1.54) is 35.3 Å². The highest BCUT2D eigenvalue weighted by molar-refractivity contribution is 7.14. The number of aromatic nitrogens is 1. The topological polar surface area (TPSA) is 48.5 Å². The van der Waals surface area contributed by atoms with Gasteiger partial charge in [0.2, 0.25) is 5.91 Å². The summed E-state index contributed by atoms with van der Waals surface area (Å²) in [7, 11) is 0. The predicted octanol–water partition coefficient (Wildman–Crippen LogP) is 3.64. The smallest absolute Gasteiger partial charge is 0.312 e. The third kappa shape index (κ3) is 4.85. The van der Waals surface area contributed by atoms with Gasteiger partial charge in [-0.3, -0.25) is 14.6 Å². The first-order chi connectivity index (χ1) is 12.7. The fraction of sp³-hybridized carbons (Fsp3) is 0.444. The van der Waals surface area contributed by atoms with E-state index in [1.807, 2.05) is 5.38 Å². The van der Waals surface area contributed by atoms with Crippen molar-refractivity contribution in [1.82, 2.24) is 15.2 Å². The number of carbonyl (C=O) groups excluding carboxylic acids is 1. The molecular weight excluding hydrogens is 377 g/mol. The van der Waals surface area contributed by atoms with E-state index in [0.717, 1.165) is 37.5 Å². The molecule has 9 heteroatoms. The maximum Gasteiger partial charge on any atom is 0.416 e. The van der Waals surface area contributed by atoms with E-state index >= 15 is 0 Å². The van der Waals surface area contributed by atoms with E-state index in [-0.39, 0.29) is 5.91 Å². The van der Waals surface area contributed by atoms with E-state index in [1.54, 1.807) is 0 Å². The summed E-state index contributed by atoms with van der Waals surface area (Å²) in [6, 6.07) is 4.95. The minimum Gasteiger partial charge on any atom is -0.312 e. The van der Waals surface area contributed by atoms with Gasteiger partial charge in [0, 0.05) is 44.5 Å². The molecular formula is C18H21F3N4OS. The van der Waals surface area contributed by atoms with Gasteiger partial charge in [0.1, 0.15) is 0 Å². The molecule has 1 aliphatic rings. The Morgan fingerprint density at radius 3 is 2.67 bits per heavy atom. The van der Waals surface area contributed by atoms with Crippen molar-refractivity contribution in [3.63, 3.8) is 0 Å². The fourth-order valence-corrected chi connectivity index (χ4v) is 3.96. The van der Waals surface area contributed by atoms with Gasteiger partial charge in [-0.05, 0) is 31.2 Å². The molecule has 1 saturated heterocycles. The van der Waals surface area contributed by atoms with Crippen LogP contribution in [0, 0.1) is 0 Å². The summed E-state index contributed by atoms with van der Waals surface area (Å²) >= 11 is 1.31. The first-order valence-electron chi connectivity index (χ1n) is 8.62. The summed E-state index contributed by atoms with van der Waals surface area (Å²) in [6.07, 6.45) is -4.41. The number of piperazine rings is 1. The van der Waals surface area contributed by atoms with Crippen LogP contribution in [0.3, 0.4) is 0 Å². The molecule has 1 atom stereocenters. The molecule has 3 rings (SSSR count). The van der Waals surface area contributed by atoms with Gasteiger partial charge in [0.15, 0.2) is 5.13 Å². The second kappa shape index (κ2) is 7.95. The Balaban J connectivity index is 1.78. The zero-order valence-corrected chi connectivity index (χ0v) is 15.9. The highest BCUT2D eigenvalue weighted by atomic mass is 32.1. The van der Waals surface area contributed by atoms with E-state index in [2.05, 4.69) is 22.1 Å². The van der Waals surface area contributed by atoms with Crippen molar-refractivity contribution in [2.45, 2.75) is 32.6 Å². The third-order valence-electron chi connectivity index (χ3n) is 4.34. The molecule has 2 aromatic rings. The minimum absolute atomic E-state index is 0.300. The maximum absolute atomic E-state index is 12.8. The van der Waals surface area contributed by atoms with Gasteiger partial charge < -0.3 is 5.32 Å². The standard InChI is InChI=1S/C18H21F3N4OS/c1-12-9-24(8-7-22-12)10-15-11-27-17(23-15)25(13(2)26)16-5-3-14(4-6-16)18(19,20)21/h3-6,11-12,22H,7-10H2,1-2H3/t12-/m0/s1. The first kappa shape index (κ1) is 19.8. The molecule has 0 spiro atoms. The van der Waals surface area contributed by atoms with Gasteiger partial charge in [0.25, 0.3) is 0 Å². The monoisotopic (exact) mass is 398 g/mol. The lowest BCUT2D eigenvalue weighted by Gasteiger charge is -2.31. The van der Waals surface area contributed by atoms with Crippen molar-refractivity contribution in [3.05, 3.63) is 40.9 Å². The molecule has 27 heavy (non-hydrogen) atoms. The molecule has 1 aliphatic heterocycles. The maximum atomic E-state index is 12.8. The molecule has 0 aliphatic carbocycles. The number of benzene rings is 1. The van der Waals surface area contributed by atoms with Crippen LogP contribution in [-0.2, 0) is 17.5 Å². The Labute approximate surface area is 159 Å². The Kier molecular flexibility index (Phi) is 5.83. The highest BCUT2D eigenvalue weighted by Crippen LogP contribution is 2.33. The van der Waals surface area contributed by atoms with Crippen LogP contribution in [0.15, 0.2) is 29.6 Å². The zero-order valence-electron chi connectivity index (χ0n) is 15.1. The zero-order chi connectivity index (χ0) is 19.6. The summed E-state index contributed by atoms with van der Waals surface area (Å²) in [5.74, 6) is -0.300. The van der Waals surface area contributed by atoms with Gasteiger partial charge in [0.05, 0.1) is 16.9 Å². The predicted molar refractivity (Wildman–Crippen MR) is 99.1 cm³/mol. The van der Waals surface area contributed by atoms with Gasteiger partial charge >= 0.3 is 6.18 Å². The molecule has 0 saturated carbocycles. The number of halogens is 3. The number of anilines is 2. The lowest BCUT2D eigenvalue weighted by atomic mass is 10.2. The number of nitrogens with one attached hydrogen (secondary N) is 1. The minimum atomic E-state index is -4.41. The van der Waals surface area contributed by atoms with Crippen LogP contribution in [0.5, 0.6) is 0 Å². The lowest BCUT2D eigenvalue weighted by Crippen LogP contribution is -2.48. The number of amides is 1. The molecule has 0 bridgehead atoms. The Bertz CT molecular complexity index is 791. The molecule has 0 unspecified atom stereocenters. The molecule has 1 aromatic carbocycles. The number of nitrogens with zero attached hydrogens (tertiary/aromatic N) is 3. The largest absolute Gasteiger partial charge is 0.416 e. The van der Waals surface area contributed by atoms with E-state index in [4.69, 9.17) is 0 Å². The SMILES string of the molecule is CC(=O)N(c1ccc(C(F)(F)F)cc1)c1nc(CN2CCN[C@@H](C)C2)cs1. The van der Waals surface area contributed by atoms with Crippen LogP contribution in [0.4, 0.5) is 24.0 Å².